The Morgan fingerprint density at radius 1 is 1.23 bits per heavy atom. The van der Waals surface area contributed by atoms with E-state index in [1.54, 1.807) is 0 Å². The Labute approximate surface area is 134 Å². The summed E-state index contributed by atoms with van der Waals surface area (Å²) in [4.78, 5) is 4.89. The van der Waals surface area contributed by atoms with Crippen LogP contribution >= 0.6 is 0 Å². The molecule has 2 aliphatic rings. The normalized spacial score (nSPS) is 31.1. The molecule has 1 N–H and O–H groups in total. The van der Waals surface area contributed by atoms with Crippen LogP contribution < -0.4 is 0 Å². The van der Waals surface area contributed by atoms with Crippen LogP contribution in [-0.2, 0) is 0 Å². The summed E-state index contributed by atoms with van der Waals surface area (Å²) in [5.74, 6) is 0. The van der Waals surface area contributed by atoms with Crippen LogP contribution in [0.2, 0.25) is 0 Å². The highest BCUT2D eigenvalue weighted by molar-refractivity contribution is 5.48. The topological polar surface area (TPSA) is 26.7 Å². The molecule has 2 fully saturated rings. The molecule has 1 aromatic rings. The van der Waals surface area contributed by atoms with Crippen molar-refractivity contribution < 1.29 is 5.11 Å². The minimum absolute atomic E-state index is 0.0891. The number of hydrogen-bond acceptors (Lipinski definition) is 3. The highest BCUT2D eigenvalue weighted by Gasteiger charge is 2.44. The van der Waals surface area contributed by atoms with Gasteiger partial charge in [0.2, 0.25) is 0 Å². The number of likely N-dealkylation sites (tertiary alicyclic amines) is 2. The molecule has 3 nitrogen and oxygen atoms in total. The second-order valence-electron chi connectivity index (χ2n) is 7.06. The lowest BCUT2D eigenvalue weighted by atomic mass is 9.71. The molecule has 120 valence electrons. The quantitative estimate of drug-likeness (QED) is 0.929. The summed E-state index contributed by atoms with van der Waals surface area (Å²) in [6, 6.07) is 10.5. The van der Waals surface area contributed by atoms with Crippen molar-refractivity contribution in [3.8, 4) is 0 Å². The molecule has 0 radical (unpaired) electrons. The molecule has 2 heterocycles. The van der Waals surface area contributed by atoms with Gasteiger partial charge in [-0.2, -0.15) is 0 Å². The van der Waals surface area contributed by atoms with E-state index in [2.05, 4.69) is 53.3 Å². The van der Waals surface area contributed by atoms with Gasteiger partial charge in [-0.15, -0.1) is 0 Å². The van der Waals surface area contributed by atoms with E-state index in [0.717, 1.165) is 45.6 Å². The lowest BCUT2D eigenvalue weighted by Crippen LogP contribution is -2.58. The first-order valence-corrected chi connectivity index (χ1v) is 8.49. The summed E-state index contributed by atoms with van der Waals surface area (Å²) in [5, 5.41) is 10.6. The maximum atomic E-state index is 10.6. The molecule has 0 unspecified atom stereocenters. The van der Waals surface area contributed by atoms with Gasteiger partial charge >= 0.3 is 0 Å². The van der Waals surface area contributed by atoms with Crippen molar-refractivity contribution in [2.24, 2.45) is 5.41 Å². The summed E-state index contributed by atoms with van der Waals surface area (Å²) in [6.07, 6.45) is 7.61. The predicted octanol–water partition coefficient (Wildman–Crippen LogP) is 2.48. The fourth-order valence-corrected chi connectivity index (χ4v) is 4.09. The Hall–Kier alpha value is -1.16. The van der Waals surface area contributed by atoms with Crippen LogP contribution in [-0.4, -0.2) is 60.8 Å². The zero-order valence-corrected chi connectivity index (χ0v) is 13.6. The SMILES string of the molecule is CN1CC[C@H](O)[C@@]2(CCCN(C/C=C/c3ccccc3)C2)C1. The van der Waals surface area contributed by atoms with Crippen LogP contribution in [0.4, 0.5) is 0 Å². The molecule has 0 aromatic heterocycles. The van der Waals surface area contributed by atoms with Crippen molar-refractivity contribution in [2.45, 2.75) is 25.4 Å². The summed E-state index contributed by atoms with van der Waals surface area (Å²) in [7, 11) is 2.18. The predicted molar refractivity (Wildman–Crippen MR) is 91.7 cm³/mol. The van der Waals surface area contributed by atoms with Crippen LogP contribution in [0.5, 0.6) is 0 Å². The molecule has 2 atom stereocenters. The van der Waals surface area contributed by atoms with Crippen molar-refractivity contribution in [3.05, 3.63) is 42.0 Å². The maximum Gasteiger partial charge on any atom is 0.0633 e. The van der Waals surface area contributed by atoms with E-state index in [0.29, 0.717) is 0 Å². The van der Waals surface area contributed by atoms with Gasteiger partial charge in [-0.25, -0.2) is 0 Å². The number of hydrogen-bond donors (Lipinski definition) is 1. The standard InChI is InChI=1S/C19H28N2O/c1-20-14-10-18(22)19(15-20)11-6-13-21(16-19)12-5-9-17-7-3-2-4-8-17/h2-5,7-9,18,22H,6,10-16H2,1H3/b9-5+/t18-,19-/m0/s1. The lowest BCUT2D eigenvalue weighted by Gasteiger charge is -2.50. The maximum absolute atomic E-state index is 10.6. The third kappa shape index (κ3) is 3.60. The highest BCUT2D eigenvalue weighted by Crippen LogP contribution is 2.38. The minimum Gasteiger partial charge on any atom is -0.392 e. The average molecular weight is 300 g/mol. The number of aliphatic hydroxyl groups is 1. The number of piperidine rings is 2. The molecule has 3 rings (SSSR count). The first kappa shape index (κ1) is 15.7. The van der Waals surface area contributed by atoms with Crippen LogP contribution in [0.15, 0.2) is 36.4 Å². The fraction of sp³-hybridized carbons (Fsp3) is 0.579. The first-order valence-electron chi connectivity index (χ1n) is 8.49. The summed E-state index contributed by atoms with van der Waals surface area (Å²) < 4.78 is 0. The Bertz CT molecular complexity index is 501. The number of nitrogens with zero attached hydrogens (tertiary/aromatic N) is 2. The molecule has 2 saturated heterocycles. The Kier molecular flexibility index (Phi) is 4.97. The molecule has 0 bridgehead atoms. The molecule has 0 saturated carbocycles. The van der Waals surface area contributed by atoms with Gasteiger partial charge in [-0.05, 0) is 38.4 Å². The molecule has 2 aliphatic heterocycles. The van der Waals surface area contributed by atoms with E-state index in [9.17, 15) is 5.11 Å². The second kappa shape index (κ2) is 6.95. The molecular weight excluding hydrogens is 272 g/mol. The van der Waals surface area contributed by atoms with Crippen molar-refractivity contribution in [2.75, 3.05) is 39.8 Å². The zero-order chi connectivity index (χ0) is 15.4. The van der Waals surface area contributed by atoms with Crippen LogP contribution in [0.1, 0.15) is 24.8 Å². The van der Waals surface area contributed by atoms with Crippen LogP contribution in [0, 0.1) is 5.41 Å². The van der Waals surface area contributed by atoms with Gasteiger partial charge in [-0.3, -0.25) is 4.90 Å². The third-order valence-electron chi connectivity index (χ3n) is 5.24. The zero-order valence-electron chi connectivity index (χ0n) is 13.6. The summed E-state index contributed by atoms with van der Waals surface area (Å²) in [6.45, 7) is 5.21. The van der Waals surface area contributed by atoms with Crippen molar-refractivity contribution in [1.82, 2.24) is 9.80 Å². The van der Waals surface area contributed by atoms with Gasteiger partial charge in [0.05, 0.1) is 6.10 Å². The van der Waals surface area contributed by atoms with Gasteiger partial charge in [0, 0.05) is 31.6 Å². The van der Waals surface area contributed by atoms with Crippen molar-refractivity contribution >= 4 is 6.08 Å². The molecule has 1 spiro atoms. The first-order chi connectivity index (χ1) is 10.7. The van der Waals surface area contributed by atoms with E-state index >= 15 is 0 Å². The van der Waals surface area contributed by atoms with Gasteiger partial charge < -0.3 is 10.0 Å². The molecule has 1 aromatic carbocycles. The Morgan fingerprint density at radius 3 is 2.86 bits per heavy atom. The van der Waals surface area contributed by atoms with Gasteiger partial charge in [-0.1, -0.05) is 42.5 Å². The number of aliphatic hydroxyl groups excluding tert-OH is 1. The molecule has 3 heteroatoms. The van der Waals surface area contributed by atoms with E-state index < -0.39 is 0 Å². The van der Waals surface area contributed by atoms with Gasteiger partial charge in [0.25, 0.3) is 0 Å². The Balaban J connectivity index is 1.60. The van der Waals surface area contributed by atoms with E-state index in [-0.39, 0.29) is 11.5 Å². The largest absolute Gasteiger partial charge is 0.392 e. The minimum atomic E-state index is -0.135. The number of rotatable bonds is 3. The molecular formula is C19H28N2O. The van der Waals surface area contributed by atoms with E-state index in [1.165, 1.54) is 12.0 Å². The fourth-order valence-electron chi connectivity index (χ4n) is 4.09. The van der Waals surface area contributed by atoms with Crippen molar-refractivity contribution in [1.29, 1.82) is 0 Å². The monoisotopic (exact) mass is 300 g/mol. The van der Waals surface area contributed by atoms with Crippen LogP contribution in [0.25, 0.3) is 6.08 Å². The molecule has 22 heavy (non-hydrogen) atoms. The summed E-state index contributed by atoms with van der Waals surface area (Å²) >= 11 is 0. The van der Waals surface area contributed by atoms with E-state index in [4.69, 9.17) is 0 Å². The van der Waals surface area contributed by atoms with Gasteiger partial charge in [0.1, 0.15) is 0 Å². The lowest BCUT2D eigenvalue weighted by molar-refractivity contribution is -0.0772. The smallest absolute Gasteiger partial charge is 0.0633 e. The van der Waals surface area contributed by atoms with Crippen molar-refractivity contribution in [3.63, 3.8) is 0 Å². The highest BCUT2D eigenvalue weighted by atomic mass is 16.3. The second-order valence-corrected chi connectivity index (χ2v) is 7.06. The third-order valence-corrected chi connectivity index (χ3v) is 5.24. The van der Waals surface area contributed by atoms with Crippen LogP contribution in [0.3, 0.4) is 0 Å². The molecule has 0 amide bonds. The summed E-state index contributed by atoms with van der Waals surface area (Å²) in [5.41, 5.74) is 1.35. The average Bonchev–Trinajstić information content (AvgIpc) is 2.53. The van der Waals surface area contributed by atoms with Gasteiger partial charge in [0.15, 0.2) is 0 Å². The number of benzene rings is 1. The van der Waals surface area contributed by atoms with E-state index in [1.807, 2.05) is 6.07 Å². The Morgan fingerprint density at radius 2 is 2.05 bits per heavy atom. The molecule has 0 aliphatic carbocycles.